The minimum atomic E-state index is -0.265. The minimum absolute atomic E-state index is 0.0859. The number of hydrogen-bond acceptors (Lipinski definition) is 7. The topological polar surface area (TPSA) is 95.9 Å². The summed E-state index contributed by atoms with van der Waals surface area (Å²) < 4.78 is 3.05. The van der Waals surface area contributed by atoms with E-state index in [2.05, 4.69) is 63.8 Å². The van der Waals surface area contributed by atoms with Crippen molar-refractivity contribution in [3.05, 3.63) is 57.7 Å². The molecule has 1 aliphatic rings. The summed E-state index contributed by atoms with van der Waals surface area (Å²) >= 11 is 6.64. The van der Waals surface area contributed by atoms with Crippen LogP contribution < -0.4 is 10.5 Å². The number of rotatable bonds is 4. The second kappa shape index (κ2) is 8.95. The highest BCUT2D eigenvalue weighted by atomic mass is 35.5. The molecule has 1 aliphatic heterocycles. The molecule has 0 bridgehead atoms. The molecule has 180 valence electrons. The number of piperazine rings is 1. The first-order valence-corrected chi connectivity index (χ1v) is 12.0. The monoisotopic (exact) mass is 490 g/mol. The van der Waals surface area contributed by atoms with Crippen LogP contribution in [-0.4, -0.2) is 54.4 Å². The van der Waals surface area contributed by atoms with Gasteiger partial charge in [-0.2, -0.15) is 10.4 Å². The molecule has 0 amide bonds. The number of aryl methyl sites for hydroxylation is 1. The van der Waals surface area contributed by atoms with Gasteiger partial charge in [-0.15, -0.1) is 0 Å². The number of nitrogens with zero attached hydrogens (tertiary/aromatic N) is 8. The molecule has 5 rings (SSSR count). The summed E-state index contributed by atoms with van der Waals surface area (Å²) in [5.41, 5.74) is 4.65. The van der Waals surface area contributed by atoms with Gasteiger partial charge in [-0.25, -0.2) is 0 Å². The predicted octanol–water partition coefficient (Wildman–Crippen LogP) is 3.52. The van der Waals surface area contributed by atoms with Crippen LogP contribution in [0.25, 0.3) is 22.1 Å². The zero-order valence-corrected chi connectivity index (χ0v) is 20.9. The molecule has 1 saturated heterocycles. The Morgan fingerprint density at radius 2 is 1.91 bits per heavy atom. The van der Waals surface area contributed by atoms with Gasteiger partial charge in [-0.3, -0.25) is 24.3 Å². The first kappa shape index (κ1) is 23.3. The zero-order chi connectivity index (χ0) is 24.9. The van der Waals surface area contributed by atoms with Crippen LogP contribution in [-0.2, 0) is 13.6 Å². The summed E-state index contributed by atoms with van der Waals surface area (Å²) in [6.07, 6.45) is 5.15. The first-order valence-electron chi connectivity index (χ1n) is 11.7. The van der Waals surface area contributed by atoms with Gasteiger partial charge in [0.25, 0.3) is 5.56 Å². The lowest BCUT2D eigenvalue weighted by molar-refractivity contribution is 0.119. The lowest BCUT2D eigenvalue weighted by atomic mass is 9.99. The van der Waals surface area contributed by atoms with Crippen molar-refractivity contribution in [2.75, 3.05) is 18.0 Å². The van der Waals surface area contributed by atoms with Crippen LogP contribution in [0, 0.1) is 11.3 Å². The maximum absolute atomic E-state index is 12.9. The van der Waals surface area contributed by atoms with Crippen molar-refractivity contribution in [2.45, 2.75) is 45.4 Å². The maximum atomic E-state index is 12.9. The molecule has 3 aromatic heterocycles. The highest BCUT2D eigenvalue weighted by Crippen LogP contribution is 2.36. The summed E-state index contributed by atoms with van der Waals surface area (Å²) in [6.45, 7) is 8.12. The summed E-state index contributed by atoms with van der Waals surface area (Å²) in [4.78, 5) is 26.4. The van der Waals surface area contributed by atoms with Crippen molar-refractivity contribution >= 4 is 39.4 Å². The van der Waals surface area contributed by atoms with Gasteiger partial charge in [0, 0.05) is 50.7 Å². The van der Waals surface area contributed by atoms with E-state index in [0.29, 0.717) is 23.3 Å². The van der Waals surface area contributed by atoms with Crippen LogP contribution in [0.5, 0.6) is 0 Å². The third kappa shape index (κ3) is 3.93. The fraction of sp³-hybridized carbons (Fsp3) is 0.400. The van der Waals surface area contributed by atoms with E-state index in [9.17, 15) is 4.79 Å². The number of fused-ring (bicyclic) bond motifs is 2. The number of nitriles is 1. The summed E-state index contributed by atoms with van der Waals surface area (Å²) in [5.74, 6) is 0. The molecule has 0 unspecified atom stereocenters. The van der Waals surface area contributed by atoms with E-state index >= 15 is 0 Å². The summed E-state index contributed by atoms with van der Waals surface area (Å²) in [5, 5.41) is 13.9. The van der Waals surface area contributed by atoms with Gasteiger partial charge in [-0.05, 0) is 38.5 Å². The number of benzene rings is 1. The van der Waals surface area contributed by atoms with E-state index in [0.717, 1.165) is 17.6 Å². The van der Waals surface area contributed by atoms with E-state index in [4.69, 9.17) is 16.9 Å². The molecule has 0 spiro atoms. The van der Waals surface area contributed by atoms with Gasteiger partial charge in [0.2, 0.25) is 0 Å². The van der Waals surface area contributed by atoms with E-state index in [1.807, 2.05) is 6.07 Å². The van der Waals surface area contributed by atoms with Gasteiger partial charge in [-0.1, -0.05) is 17.7 Å². The van der Waals surface area contributed by atoms with Crippen LogP contribution in [0.2, 0.25) is 5.02 Å². The molecule has 0 saturated carbocycles. The number of anilines is 1. The highest BCUT2D eigenvalue weighted by molar-refractivity contribution is 6.34. The fourth-order valence-electron chi connectivity index (χ4n) is 5.14. The average molecular weight is 491 g/mol. The zero-order valence-electron chi connectivity index (χ0n) is 20.2. The van der Waals surface area contributed by atoms with E-state index in [1.54, 1.807) is 30.3 Å². The third-order valence-corrected chi connectivity index (χ3v) is 7.40. The van der Waals surface area contributed by atoms with E-state index < -0.39 is 0 Å². The van der Waals surface area contributed by atoms with Gasteiger partial charge in [0.15, 0.2) is 0 Å². The molecule has 0 aliphatic carbocycles. The average Bonchev–Trinajstić information content (AvgIpc) is 3.27. The Bertz CT molecular complexity index is 1520. The Labute approximate surface area is 208 Å². The Balaban J connectivity index is 1.49. The van der Waals surface area contributed by atoms with Crippen molar-refractivity contribution < 1.29 is 0 Å². The molecule has 0 radical (unpaired) electrons. The van der Waals surface area contributed by atoms with Gasteiger partial charge >= 0.3 is 0 Å². The van der Waals surface area contributed by atoms with Crippen LogP contribution in [0.1, 0.15) is 32.4 Å². The van der Waals surface area contributed by atoms with Crippen molar-refractivity contribution in [3.8, 4) is 6.07 Å². The number of hydrogen-bond donors (Lipinski definition) is 0. The standard InChI is InChI=1S/C25H27ClN8O/c1-15-13-34(24-22(26)25(35)31(4)21-14-32(10-7-27)30-23(21)24)16(2)12-33(15)17(3)18-5-6-19-20(11-18)29-9-8-28-19/h5-6,8-9,11,14-17H,10,12-13H2,1-4H3/t15-,16+,17+/m1/s1. The first-order chi connectivity index (χ1) is 16.8. The molecule has 4 aromatic rings. The Hall–Kier alpha value is -3.48. The highest BCUT2D eigenvalue weighted by Gasteiger charge is 2.35. The largest absolute Gasteiger partial charge is 0.363 e. The molecular weight excluding hydrogens is 464 g/mol. The van der Waals surface area contributed by atoms with Gasteiger partial charge < -0.3 is 9.47 Å². The smallest absolute Gasteiger partial charge is 0.271 e. The fourth-order valence-corrected chi connectivity index (χ4v) is 5.46. The minimum Gasteiger partial charge on any atom is -0.363 e. The summed E-state index contributed by atoms with van der Waals surface area (Å²) in [7, 11) is 1.68. The second-order valence-electron chi connectivity index (χ2n) is 9.27. The number of pyridine rings is 1. The normalized spacial score (nSPS) is 19.8. The Morgan fingerprint density at radius 1 is 1.17 bits per heavy atom. The second-order valence-corrected chi connectivity index (χ2v) is 9.65. The molecule has 4 heterocycles. The van der Waals surface area contributed by atoms with Gasteiger partial charge in [0.1, 0.15) is 17.1 Å². The van der Waals surface area contributed by atoms with Crippen molar-refractivity contribution in [3.63, 3.8) is 0 Å². The van der Waals surface area contributed by atoms with Gasteiger partial charge in [0.05, 0.1) is 34.5 Å². The van der Waals surface area contributed by atoms with E-state index in [1.165, 1.54) is 10.1 Å². The van der Waals surface area contributed by atoms with Crippen LogP contribution in [0.3, 0.4) is 0 Å². The molecule has 9 nitrogen and oxygen atoms in total. The number of halogens is 1. The van der Waals surface area contributed by atoms with E-state index in [-0.39, 0.29) is 35.3 Å². The molecule has 1 fully saturated rings. The quantitative estimate of drug-likeness (QED) is 0.432. The van der Waals surface area contributed by atoms with Crippen molar-refractivity contribution in [1.82, 2.24) is 29.2 Å². The van der Waals surface area contributed by atoms with Crippen LogP contribution in [0.15, 0.2) is 41.6 Å². The Morgan fingerprint density at radius 3 is 2.66 bits per heavy atom. The van der Waals surface area contributed by atoms with Crippen LogP contribution in [0.4, 0.5) is 5.69 Å². The molecule has 3 atom stereocenters. The lowest BCUT2D eigenvalue weighted by Gasteiger charge is -2.47. The number of aromatic nitrogens is 5. The lowest BCUT2D eigenvalue weighted by Crippen LogP contribution is -2.57. The van der Waals surface area contributed by atoms with Crippen molar-refractivity contribution in [2.24, 2.45) is 7.05 Å². The molecular formula is C25H27ClN8O. The molecule has 35 heavy (non-hydrogen) atoms. The molecule has 0 N–H and O–H groups in total. The summed E-state index contributed by atoms with van der Waals surface area (Å²) in [6, 6.07) is 8.81. The van der Waals surface area contributed by atoms with Crippen molar-refractivity contribution in [1.29, 1.82) is 5.26 Å². The Kier molecular flexibility index (Phi) is 5.95. The SMILES string of the molecule is C[C@@H]1CN(c2c(Cl)c(=O)n(C)c3cn(CC#N)nc23)[C@@H](C)CN1[C@@H](C)c1ccc2nccnc2c1. The molecule has 10 heteroatoms. The predicted molar refractivity (Wildman–Crippen MR) is 137 cm³/mol. The van der Waals surface area contributed by atoms with Crippen LogP contribution >= 0.6 is 11.6 Å². The molecule has 1 aromatic carbocycles. The third-order valence-electron chi connectivity index (χ3n) is 7.06. The maximum Gasteiger partial charge on any atom is 0.271 e.